The molecule has 7 heteroatoms. The number of aromatic nitrogens is 2. The topological polar surface area (TPSA) is 55.1 Å². The fraction of sp³-hybridized carbons (Fsp3) is 0.600. The Balaban J connectivity index is 2.47. The SMILES string of the molecule is CC(C1CC1)n1nc(C(F)F)c(C(=O)O)c1Cl. The molecule has 1 unspecified atom stereocenters. The molecule has 0 aromatic carbocycles. The number of nitrogens with zero attached hydrogens (tertiary/aromatic N) is 2. The second kappa shape index (κ2) is 4.25. The van der Waals surface area contributed by atoms with Gasteiger partial charge in [0.1, 0.15) is 16.4 Å². The van der Waals surface area contributed by atoms with Crippen molar-refractivity contribution in [2.75, 3.05) is 0 Å². The zero-order valence-electron chi connectivity index (χ0n) is 9.03. The van der Waals surface area contributed by atoms with Crippen LogP contribution in [0.25, 0.3) is 0 Å². The van der Waals surface area contributed by atoms with Gasteiger partial charge in [0, 0.05) is 0 Å². The molecular weight excluding hydrogens is 254 g/mol. The second-order valence-corrected chi connectivity index (χ2v) is 4.54. The van der Waals surface area contributed by atoms with Crippen molar-refractivity contribution in [3.63, 3.8) is 0 Å². The molecule has 0 aliphatic heterocycles. The van der Waals surface area contributed by atoms with Gasteiger partial charge >= 0.3 is 5.97 Å². The molecule has 0 bridgehead atoms. The van der Waals surface area contributed by atoms with Crippen LogP contribution in [-0.2, 0) is 0 Å². The van der Waals surface area contributed by atoms with Crippen LogP contribution in [0.1, 0.15) is 48.3 Å². The summed E-state index contributed by atoms with van der Waals surface area (Å²) in [6, 6.07) is -0.145. The van der Waals surface area contributed by atoms with Crippen molar-refractivity contribution in [1.29, 1.82) is 0 Å². The van der Waals surface area contributed by atoms with E-state index in [9.17, 15) is 13.6 Å². The lowest BCUT2D eigenvalue weighted by molar-refractivity contribution is 0.0684. The first-order valence-electron chi connectivity index (χ1n) is 5.22. The highest BCUT2D eigenvalue weighted by Gasteiger charge is 2.35. The third-order valence-corrected chi connectivity index (χ3v) is 3.35. The minimum Gasteiger partial charge on any atom is -0.478 e. The van der Waals surface area contributed by atoms with Crippen LogP contribution in [0.15, 0.2) is 0 Å². The number of hydrogen-bond donors (Lipinski definition) is 1. The van der Waals surface area contributed by atoms with E-state index in [1.807, 2.05) is 0 Å². The predicted octanol–water partition coefficient (Wildman–Crippen LogP) is 3.14. The van der Waals surface area contributed by atoms with Crippen LogP contribution in [0.3, 0.4) is 0 Å². The highest BCUT2D eigenvalue weighted by atomic mass is 35.5. The summed E-state index contributed by atoms with van der Waals surface area (Å²) in [6.07, 6.45) is -0.959. The number of carboxylic acids is 1. The molecule has 1 aliphatic carbocycles. The summed E-state index contributed by atoms with van der Waals surface area (Å²) < 4.78 is 26.5. The molecule has 0 amide bonds. The summed E-state index contributed by atoms with van der Waals surface area (Å²) in [4.78, 5) is 10.9. The Morgan fingerprint density at radius 2 is 2.18 bits per heavy atom. The summed E-state index contributed by atoms with van der Waals surface area (Å²) in [7, 11) is 0. The third-order valence-electron chi connectivity index (χ3n) is 2.99. The summed E-state index contributed by atoms with van der Waals surface area (Å²) in [5.41, 5.74) is -1.34. The lowest BCUT2D eigenvalue weighted by atomic mass is 10.2. The smallest absolute Gasteiger partial charge is 0.341 e. The largest absolute Gasteiger partial charge is 0.478 e. The van der Waals surface area contributed by atoms with Crippen LogP contribution in [0, 0.1) is 5.92 Å². The van der Waals surface area contributed by atoms with E-state index in [0.717, 1.165) is 12.8 Å². The lowest BCUT2D eigenvalue weighted by Crippen LogP contribution is -2.09. The number of alkyl halides is 2. The van der Waals surface area contributed by atoms with Crippen molar-refractivity contribution in [3.05, 3.63) is 16.4 Å². The quantitative estimate of drug-likeness (QED) is 0.909. The molecule has 0 spiro atoms. The fourth-order valence-corrected chi connectivity index (χ4v) is 2.20. The first-order valence-corrected chi connectivity index (χ1v) is 5.60. The zero-order valence-corrected chi connectivity index (χ0v) is 9.79. The molecule has 1 aromatic heterocycles. The van der Waals surface area contributed by atoms with Gasteiger partial charge in [-0.2, -0.15) is 5.10 Å². The van der Waals surface area contributed by atoms with Crippen LogP contribution in [0.5, 0.6) is 0 Å². The molecular formula is C10H11ClF2N2O2. The van der Waals surface area contributed by atoms with Crippen LogP contribution in [0.4, 0.5) is 8.78 Å². The minimum absolute atomic E-state index is 0.145. The van der Waals surface area contributed by atoms with Gasteiger partial charge in [-0.15, -0.1) is 0 Å². The van der Waals surface area contributed by atoms with Crippen LogP contribution in [-0.4, -0.2) is 20.9 Å². The second-order valence-electron chi connectivity index (χ2n) is 4.18. The van der Waals surface area contributed by atoms with Gasteiger partial charge in [0.2, 0.25) is 0 Å². The molecule has 1 fully saturated rings. The Bertz CT molecular complexity index is 457. The van der Waals surface area contributed by atoms with E-state index < -0.39 is 23.7 Å². The first kappa shape index (κ1) is 12.3. The van der Waals surface area contributed by atoms with Gasteiger partial charge in [0.15, 0.2) is 0 Å². The number of carbonyl (C=O) groups is 1. The van der Waals surface area contributed by atoms with E-state index in [-0.39, 0.29) is 11.2 Å². The number of halogens is 3. The van der Waals surface area contributed by atoms with Crippen LogP contribution >= 0.6 is 11.6 Å². The average Bonchev–Trinajstić information content (AvgIpc) is 3.00. The van der Waals surface area contributed by atoms with E-state index in [0.29, 0.717) is 5.92 Å². The maximum atomic E-state index is 12.7. The van der Waals surface area contributed by atoms with Gasteiger partial charge in [-0.1, -0.05) is 11.6 Å². The van der Waals surface area contributed by atoms with Gasteiger partial charge in [-0.05, 0) is 25.7 Å². The molecule has 2 rings (SSSR count). The van der Waals surface area contributed by atoms with Crippen molar-refractivity contribution < 1.29 is 18.7 Å². The van der Waals surface area contributed by atoms with Crippen molar-refractivity contribution >= 4 is 17.6 Å². The van der Waals surface area contributed by atoms with E-state index in [2.05, 4.69) is 5.10 Å². The van der Waals surface area contributed by atoms with E-state index in [4.69, 9.17) is 16.7 Å². The molecule has 1 atom stereocenters. The Kier molecular flexibility index (Phi) is 3.07. The monoisotopic (exact) mass is 264 g/mol. The number of hydrogen-bond acceptors (Lipinski definition) is 2. The van der Waals surface area contributed by atoms with Crippen molar-refractivity contribution in [3.8, 4) is 0 Å². The Hall–Kier alpha value is -1.17. The standard InChI is InChI=1S/C10H11ClF2N2O2/c1-4(5-2-3-5)15-8(11)6(10(16)17)7(14-15)9(12)13/h4-5,9H,2-3H2,1H3,(H,16,17). The highest BCUT2D eigenvalue weighted by molar-refractivity contribution is 6.32. The molecule has 1 aliphatic rings. The van der Waals surface area contributed by atoms with E-state index >= 15 is 0 Å². The Labute approximate surface area is 101 Å². The fourth-order valence-electron chi connectivity index (χ4n) is 1.83. The summed E-state index contributed by atoms with van der Waals surface area (Å²) >= 11 is 5.82. The van der Waals surface area contributed by atoms with Gasteiger partial charge in [-0.3, -0.25) is 0 Å². The molecule has 0 saturated heterocycles. The first-order chi connectivity index (χ1) is 7.93. The van der Waals surface area contributed by atoms with Gasteiger partial charge in [0.05, 0.1) is 6.04 Å². The number of carboxylic acid groups (broad SMARTS) is 1. The van der Waals surface area contributed by atoms with Crippen molar-refractivity contribution in [2.45, 2.75) is 32.2 Å². The molecule has 0 radical (unpaired) electrons. The maximum absolute atomic E-state index is 12.7. The average molecular weight is 265 g/mol. The zero-order chi connectivity index (χ0) is 12.7. The van der Waals surface area contributed by atoms with Gasteiger partial charge in [0.25, 0.3) is 6.43 Å². The maximum Gasteiger partial charge on any atom is 0.341 e. The molecule has 1 saturated carbocycles. The highest BCUT2D eigenvalue weighted by Crippen LogP contribution is 2.41. The van der Waals surface area contributed by atoms with E-state index in [1.54, 1.807) is 6.92 Å². The predicted molar refractivity (Wildman–Crippen MR) is 56.6 cm³/mol. The van der Waals surface area contributed by atoms with Crippen molar-refractivity contribution in [1.82, 2.24) is 9.78 Å². The number of aromatic carboxylic acids is 1. The molecule has 1 N–H and O–H groups in total. The minimum atomic E-state index is -2.94. The summed E-state index contributed by atoms with van der Waals surface area (Å²) in [5, 5.41) is 12.3. The number of rotatable bonds is 4. The normalized spacial score (nSPS) is 17.5. The lowest BCUT2D eigenvalue weighted by Gasteiger charge is -2.11. The molecule has 4 nitrogen and oxygen atoms in total. The van der Waals surface area contributed by atoms with Crippen LogP contribution in [0.2, 0.25) is 5.15 Å². The van der Waals surface area contributed by atoms with Gasteiger partial charge in [-0.25, -0.2) is 18.3 Å². The van der Waals surface area contributed by atoms with E-state index in [1.165, 1.54) is 4.68 Å². The van der Waals surface area contributed by atoms with Gasteiger partial charge < -0.3 is 5.11 Å². The molecule has 17 heavy (non-hydrogen) atoms. The molecule has 1 aromatic rings. The van der Waals surface area contributed by atoms with Crippen molar-refractivity contribution in [2.24, 2.45) is 5.92 Å². The Morgan fingerprint density at radius 1 is 1.59 bits per heavy atom. The Morgan fingerprint density at radius 3 is 2.53 bits per heavy atom. The molecule has 94 valence electrons. The van der Waals surface area contributed by atoms with Crippen LogP contribution < -0.4 is 0 Å². The summed E-state index contributed by atoms with van der Waals surface area (Å²) in [6.45, 7) is 1.80. The third kappa shape index (κ3) is 2.13. The summed E-state index contributed by atoms with van der Waals surface area (Å²) in [5.74, 6) is -1.13. The molecule has 1 heterocycles.